The Balaban J connectivity index is 1.49. The van der Waals surface area contributed by atoms with Crippen LogP contribution in [0.2, 0.25) is 0 Å². The Morgan fingerprint density at radius 3 is 2.93 bits per heavy atom. The van der Waals surface area contributed by atoms with Gasteiger partial charge in [-0.3, -0.25) is 9.89 Å². The maximum absolute atomic E-state index is 13.3. The molecule has 0 aliphatic carbocycles. The van der Waals surface area contributed by atoms with Crippen LogP contribution in [0.1, 0.15) is 27.4 Å². The molecule has 1 aliphatic heterocycles. The largest absolute Gasteiger partial charge is 0.497 e. The molecule has 2 aromatic heterocycles. The number of aromatic nitrogens is 4. The van der Waals surface area contributed by atoms with Crippen LogP contribution in [0.5, 0.6) is 5.75 Å². The second-order valence-electron chi connectivity index (χ2n) is 7.26. The summed E-state index contributed by atoms with van der Waals surface area (Å²) in [5, 5.41) is 7.68. The van der Waals surface area contributed by atoms with E-state index >= 15 is 0 Å². The summed E-state index contributed by atoms with van der Waals surface area (Å²) in [5.41, 5.74) is 6.21. The first kappa shape index (κ1) is 17.5. The average Bonchev–Trinajstić information content (AvgIpc) is 3.35. The lowest BCUT2D eigenvalue weighted by Crippen LogP contribution is -2.36. The van der Waals surface area contributed by atoms with E-state index in [1.807, 2.05) is 54.3 Å². The number of hydrogen-bond acceptors (Lipinski definition) is 4. The molecule has 0 unspecified atom stereocenters. The van der Waals surface area contributed by atoms with E-state index in [1.54, 1.807) is 7.11 Å². The summed E-state index contributed by atoms with van der Waals surface area (Å²) in [6.45, 7) is 3.05. The van der Waals surface area contributed by atoms with Crippen LogP contribution >= 0.6 is 0 Å². The molecule has 3 heterocycles. The number of aryl methyl sites for hydroxylation is 1. The van der Waals surface area contributed by atoms with E-state index in [1.165, 1.54) is 0 Å². The van der Waals surface area contributed by atoms with Crippen molar-refractivity contribution < 1.29 is 9.53 Å². The third-order valence-corrected chi connectivity index (χ3v) is 5.43. The van der Waals surface area contributed by atoms with Gasteiger partial charge < -0.3 is 14.6 Å². The fourth-order valence-corrected chi connectivity index (χ4v) is 3.98. The highest BCUT2D eigenvalue weighted by Crippen LogP contribution is 2.31. The number of nitrogens with zero attached hydrogens (tertiary/aromatic N) is 3. The lowest BCUT2D eigenvalue weighted by atomic mass is 10.00. The number of imidazole rings is 1. The molecule has 0 fully saturated rings. The van der Waals surface area contributed by atoms with Crippen molar-refractivity contribution in [1.82, 2.24) is 25.1 Å². The van der Waals surface area contributed by atoms with Crippen molar-refractivity contribution in [2.24, 2.45) is 0 Å². The molecule has 7 nitrogen and oxygen atoms in total. The third-order valence-electron chi connectivity index (χ3n) is 5.43. The number of amides is 1. The first-order valence-electron chi connectivity index (χ1n) is 9.59. The predicted molar refractivity (Wildman–Crippen MR) is 110 cm³/mol. The fraction of sp³-hybridized carbons (Fsp3) is 0.227. The molecule has 2 aromatic carbocycles. The minimum absolute atomic E-state index is 0.00876. The topological polar surface area (TPSA) is 86.9 Å². The zero-order valence-electron chi connectivity index (χ0n) is 16.3. The number of carbonyl (C=O) groups is 1. The Kier molecular flexibility index (Phi) is 4.08. The average molecular weight is 387 g/mol. The Morgan fingerprint density at radius 1 is 1.21 bits per heavy atom. The summed E-state index contributed by atoms with van der Waals surface area (Å²) in [7, 11) is 1.65. The highest BCUT2D eigenvalue weighted by Gasteiger charge is 2.27. The van der Waals surface area contributed by atoms with Gasteiger partial charge in [0.15, 0.2) is 0 Å². The van der Waals surface area contributed by atoms with Crippen molar-refractivity contribution in [1.29, 1.82) is 0 Å². The standard InChI is InChI=1S/C22H21N5O2/c1-13-23-19-8-4-7-16(21(19)24-13)22(28)27-10-9-18-17(12-27)20(26-25-18)14-5-3-6-15(11-14)29-2/h3-8,11H,9-10,12H2,1-2H3,(H,23,24)(H,25,26). The monoisotopic (exact) mass is 387 g/mol. The van der Waals surface area contributed by atoms with Gasteiger partial charge >= 0.3 is 0 Å². The number of nitrogens with one attached hydrogen (secondary N) is 2. The molecule has 1 amide bonds. The van der Waals surface area contributed by atoms with Gasteiger partial charge in [0, 0.05) is 36.3 Å². The van der Waals surface area contributed by atoms with Crippen molar-refractivity contribution in [3.63, 3.8) is 0 Å². The fourth-order valence-electron chi connectivity index (χ4n) is 3.98. The molecule has 0 bridgehead atoms. The Morgan fingerprint density at radius 2 is 2.07 bits per heavy atom. The molecule has 0 radical (unpaired) electrons. The van der Waals surface area contributed by atoms with Crippen molar-refractivity contribution in [2.45, 2.75) is 19.9 Å². The molecular formula is C22H21N5O2. The van der Waals surface area contributed by atoms with E-state index < -0.39 is 0 Å². The molecule has 5 rings (SSSR count). The molecule has 7 heteroatoms. The predicted octanol–water partition coefficient (Wildman–Crippen LogP) is 3.47. The highest BCUT2D eigenvalue weighted by molar-refractivity contribution is 6.05. The second-order valence-corrected chi connectivity index (χ2v) is 7.26. The van der Waals surface area contributed by atoms with E-state index in [-0.39, 0.29) is 5.91 Å². The van der Waals surface area contributed by atoms with E-state index in [4.69, 9.17) is 4.74 Å². The molecule has 0 saturated carbocycles. The molecule has 146 valence electrons. The summed E-state index contributed by atoms with van der Waals surface area (Å²) in [4.78, 5) is 22.9. The number of methoxy groups -OCH3 is 1. The van der Waals surface area contributed by atoms with Crippen LogP contribution in [-0.2, 0) is 13.0 Å². The van der Waals surface area contributed by atoms with E-state index in [0.717, 1.165) is 51.5 Å². The number of aromatic amines is 2. The van der Waals surface area contributed by atoms with Crippen LogP contribution in [-0.4, -0.2) is 44.6 Å². The number of ether oxygens (including phenoxy) is 1. The van der Waals surface area contributed by atoms with Gasteiger partial charge in [0.05, 0.1) is 23.9 Å². The van der Waals surface area contributed by atoms with Crippen molar-refractivity contribution in [3.8, 4) is 17.0 Å². The van der Waals surface area contributed by atoms with Gasteiger partial charge in [0.25, 0.3) is 5.91 Å². The zero-order chi connectivity index (χ0) is 20.0. The van der Waals surface area contributed by atoms with Crippen LogP contribution in [0.4, 0.5) is 0 Å². The number of rotatable bonds is 3. The third kappa shape index (κ3) is 2.95. The van der Waals surface area contributed by atoms with E-state index in [0.29, 0.717) is 18.7 Å². The van der Waals surface area contributed by atoms with Crippen molar-refractivity contribution in [3.05, 3.63) is 65.1 Å². The number of fused-ring (bicyclic) bond motifs is 2. The summed E-state index contributed by atoms with van der Waals surface area (Å²) in [6, 6.07) is 13.5. The van der Waals surface area contributed by atoms with Crippen LogP contribution in [0.25, 0.3) is 22.3 Å². The summed E-state index contributed by atoms with van der Waals surface area (Å²) in [6.07, 6.45) is 0.744. The van der Waals surface area contributed by atoms with Gasteiger partial charge in [-0.05, 0) is 31.2 Å². The maximum Gasteiger partial charge on any atom is 0.256 e. The Labute approximate surface area is 167 Å². The Bertz CT molecular complexity index is 1220. The Hall–Kier alpha value is -3.61. The minimum Gasteiger partial charge on any atom is -0.497 e. The summed E-state index contributed by atoms with van der Waals surface area (Å²) >= 11 is 0. The summed E-state index contributed by atoms with van der Waals surface area (Å²) in [5.74, 6) is 1.57. The van der Waals surface area contributed by atoms with E-state index in [2.05, 4.69) is 20.2 Å². The van der Waals surface area contributed by atoms with Crippen molar-refractivity contribution in [2.75, 3.05) is 13.7 Å². The van der Waals surface area contributed by atoms with Gasteiger partial charge in [-0.1, -0.05) is 18.2 Å². The van der Waals surface area contributed by atoms with E-state index in [9.17, 15) is 4.79 Å². The zero-order valence-corrected chi connectivity index (χ0v) is 16.3. The molecule has 2 N–H and O–H groups in total. The molecule has 0 atom stereocenters. The number of H-pyrrole nitrogens is 2. The van der Waals surface area contributed by atoms with Crippen LogP contribution in [0.15, 0.2) is 42.5 Å². The maximum atomic E-state index is 13.3. The molecular weight excluding hydrogens is 366 g/mol. The number of benzene rings is 2. The normalized spacial score (nSPS) is 13.5. The molecule has 4 aromatic rings. The molecule has 0 spiro atoms. The van der Waals surface area contributed by atoms with Crippen LogP contribution < -0.4 is 4.74 Å². The van der Waals surface area contributed by atoms with Crippen LogP contribution in [0.3, 0.4) is 0 Å². The first-order chi connectivity index (χ1) is 14.1. The summed E-state index contributed by atoms with van der Waals surface area (Å²) < 4.78 is 5.34. The first-order valence-corrected chi connectivity index (χ1v) is 9.59. The molecule has 29 heavy (non-hydrogen) atoms. The van der Waals surface area contributed by atoms with Crippen molar-refractivity contribution >= 4 is 16.9 Å². The lowest BCUT2D eigenvalue weighted by molar-refractivity contribution is 0.0736. The highest BCUT2D eigenvalue weighted by atomic mass is 16.5. The second kappa shape index (κ2) is 6.77. The number of hydrogen-bond donors (Lipinski definition) is 2. The van der Waals surface area contributed by atoms with Gasteiger partial charge in [-0.15, -0.1) is 0 Å². The van der Waals surface area contributed by atoms with Gasteiger partial charge in [-0.2, -0.15) is 5.10 Å². The molecule has 0 saturated heterocycles. The SMILES string of the molecule is COc1cccc(-c2n[nH]c3c2CN(C(=O)c2cccc4[nH]c(C)nc24)CC3)c1. The minimum atomic E-state index is -0.00876. The van der Waals surface area contributed by atoms with Gasteiger partial charge in [0.1, 0.15) is 17.1 Å². The lowest BCUT2D eigenvalue weighted by Gasteiger charge is -2.27. The quantitative estimate of drug-likeness (QED) is 0.564. The molecule has 1 aliphatic rings. The van der Waals surface area contributed by atoms with Crippen LogP contribution in [0, 0.1) is 6.92 Å². The van der Waals surface area contributed by atoms with Gasteiger partial charge in [-0.25, -0.2) is 4.98 Å². The number of carbonyl (C=O) groups excluding carboxylic acids is 1. The number of para-hydroxylation sites is 1. The smallest absolute Gasteiger partial charge is 0.256 e. The van der Waals surface area contributed by atoms with Gasteiger partial charge in [0.2, 0.25) is 0 Å².